The first kappa shape index (κ1) is 14.5. The van der Waals surface area contributed by atoms with Crippen LogP contribution in [0, 0.1) is 12.7 Å². The zero-order valence-electron chi connectivity index (χ0n) is 10.9. The number of carbonyl (C=O) groups is 1. The Kier molecular flexibility index (Phi) is 4.74. The van der Waals surface area contributed by atoms with Crippen molar-refractivity contribution < 1.29 is 9.18 Å². The minimum atomic E-state index is -0.336. The number of benzene rings is 2. The largest absolute Gasteiger partial charge is 0.376 e. The molecule has 1 amide bonds. The number of rotatable bonds is 4. The first-order valence-corrected chi connectivity index (χ1v) is 6.89. The van der Waals surface area contributed by atoms with Crippen molar-refractivity contribution in [2.45, 2.75) is 6.92 Å². The highest BCUT2D eigenvalue weighted by molar-refractivity contribution is 9.10. The lowest BCUT2D eigenvalue weighted by atomic mass is 10.2. The monoisotopic (exact) mass is 336 g/mol. The van der Waals surface area contributed by atoms with E-state index in [4.69, 9.17) is 0 Å². The van der Waals surface area contributed by atoms with E-state index in [9.17, 15) is 9.18 Å². The topological polar surface area (TPSA) is 41.1 Å². The van der Waals surface area contributed by atoms with E-state index >= 15 is 0 Å². The van der Waals surface area contributed by atoms with Crippen molar-refractivity contribution in [1.82, 2.24) is 0 Å². The van der Waals surface area contributed by atoms with E-state index < -0.39 is 0 Å². The zero-order valence-corrected chi connectivity index (χ0v) is 12.5. The molecule has 0 aromatic heterocycles. The Morgan fingerprint density at radius 3 is 2.75 bits per heavy atom. The molecule has 0 bridgehead atoms. The molecule has 2 aromatic carbocycles. The van der Waals surface area contributed by atoms with Gasteiger partial charge in [0.15, 0.2) is 0 Å². The maximum Gasteiger partial charge on any atom is 0.243 e. The van der Waals surface area contributed by atoms with Crippen molar-refractivity contribution >= 4 is 33.2 Å². The SMILES string of the molecule is Cc1ccc(NC(=O)CNc2cccc(F)c2)c(Br)c1. The summed E-state index contributed by atoms with van der Waals surface area (Å²) >= 11 is 3.40. The summed E-state index contributed by atoms with van der Waals surface area (Å²) in [6.07, 6.45) is 0. The lowest BCUT2D eigenvalue weighted by molar-refractivity contribution is -0.114. The molecular weight excluding hydrogens is 323 g/mol. The summed E-state index contributed by atoms with van der Waals surface area (Å²) < 4.78 is 13.8. The standard InChI is InChI=1S/C15H14BrFN2O/c1-10-5-6-14(13(16)7-10)19-15(20)9-18-12-4-2-3-11(17)8-12/h2-8,18H,9H2,1H3,(H,19,20). The lowest BCUT2D eigenvalue weighted by Crippen LogP contribution is -2.22. The Bertz CT molecular complexity index is 631. The molecule has 3 nitrogen and oxygen atoms in total. The quantitative estimate of drug-likeness (QED) is 0.887. The summed E-state index contributed by atoms with van der Waals surface area (Å²) in [6.45, 7) is 2.05. The first-order chi connectivity index (χ1) is 9.54. The minimum absolute atomic E-state index is 0.0732. The second-order valence-corrected chi connectivity index (χ2v) is 5.25. The third-order valence-electron chi connectivity index (χ3n) is 2.68. The van der Waals surface area contributed by atoms with Crippen LogP contribution in [0.3, 0.4) is 0 Å². The van der Waals surface area contributed by atoms with E-state index in [0.29, 0.717) is 11.4 Å². The van der Waals surface area contributed by atoms with Crippen LogP contribution in [0.5, 0.6) is 0 Å². The molecule has 0 unspecified atom stereocenters. The fourth-order valence-electron chi connectivity index (χ4n) is 1.70. The van der Waals surface area contributed by atoms with Gasteiger partial charge in [0.25, 0.3) is 0 Å². The Labute approximate surface area is 125 Å². The third-order valence-corrected chi connectivity index (χ3v) is 3.33. The van der Waals surface area contributed by atoms with Crippen LogP contribution in [0.4, 0.5) is 15.8 Å². The number of carbonyl (C=O) groups excluding carboxylic acids is 1. The molecule has 0 heterocycles. The molecule has 2 N–H and O–H groups in total. The van der Waals surface area contributed by atoms with Gasteiger partial charge in [0.1, 0.15) is 5.82 Å². The van der Waals surface area contributed by atoms with Crippen molar-refractivity contribution in [3.63, 3.8) is 0 Å². The summed E-state index contributed by atoms with van der Waals surface area (Å²) in [5.41, 5.74) is 2.39. The highest BCUT2D eigenvalue weighted by Crippen LogP contribution is 2.23. The predicted molar refractivity (Wildman–Crippen MR) is 82.4 cm³/mol. The molecule has 2 aromatic rings. The second kappa shape index (κ2) is 6.52. The predicted octanol–water partition coefficient (Wildman–Crippen LogP) is 3.95. The minimum Gasteiger partial charge on any atom is -0.376 e. The van der Waals surface area contributed by atoms with Crippen molar-refractivity contribution in [2.24, 2.45) is 0 Å². The highest BCUT2D eigenvalue weighted by atomic mass is 79.9. The average molecular weight is 337 g/mol. The Morgan fingerprint density at radius 1 is 1.25 bits per heavy atom. The number of nitrogens with one attached hydrogen (secondary N) is 2. The summed E-state index contributed by atoms with van der Waals surface area (Å²) in [7, 11) is 0. The van der Waals surface area contributed by atoms with Crippen molar-refractivity contribution in [1.29, 1.82) is 0 Å². The van der Waals surface area contributed by atoms with E-state index in [-0.39, 0.29) is 18.3 Å². The first-order valence-electron chi connectivity index (χ1n) is 6.10. The maximum absolute atomic E-state index is 13.0. The molecule has 20 heavy (non-hydrogen) atoms. The van der Waals surface area contributed by atoms with Gasteiger partial charge < -0.3 is 10.6 Å². The van der Waals surface area contributed by atoms with Crippen LogP contribution >= 0.6 is 15.9 Å². The number of anilines is 2. The molecule has 5 heteroatoms. The Morgan fingerprint density at radius 2 is 2.05 bits per heavy atom. The highest BCUT2D eigenvalue weighted by Gasteiger charge is 2.05. The van der Waals surface area contributed by atoms with E-state index in [1.165, 1.54) is 12.1 Å². The number of halogens is 2. The molecule has 2 rings (SSSR count). The molecule has 0 saturated carbocycles. The van der Waals surface area contributed by atoms with Crippen molar-refractivity contribution in [3.05, 3.63) is 58.3 Å². The molecule has 0 saturated heterocycles. The fraction of sp³-hybridized carbons (Fsp3) is 0.133. The summed E-state index contributed by atoms with van der Waals surface area (Å²) in [4.78, 5) is 11.8. The van der Waals surface area contributed by atoms with E-state index in [1.807, 2.05) is 25.1 Å². The molecule has 104 valence electrons. The molecule has 0 fully saturated rings. The van der Waals surface area contributed by atoms with Crippen LogP contribution in [0.1, 0.15) is 5.56 Å². The maximum atomic E-state index is 13.0. The smallest absolute Gasteiger partial charge is 0.243 e. The average Bonchev–Trinajstić information content (AvgIpc) is 2.40. The van der Waals surface area contributed by atoms with Gasteiger partial charge in [-0.3, -0.25) is 4.79 Å². The Balaban J connectivity index is 1.92. The van der Waals surface area contributed by atoms with Crippen LogP contribution in [0.2, 0.25) is 0 Å². The Hall–Kier alpha value is -1.88. The van der Waals surface area contributed by atoms with E-state index in [0.717, 1.165) is 10.0 Å². The molecule has 0 aliphatic rings. The van der Waals surface area contributed by atoms with Gasteiger partial charge in [-0.15, -0.1) is 0 Å². The van der Waals surface area contributed by atoms with Gasteiger partial charge >= 0.3 is 0 Å². The zero-order chi connectivity index (χ0) is 14.5. The second-order valence-electron chi connectivity index (χ2n) is 4.40. The van der Waals surface area contributed by atoms with Crippen LogP contribution in [0.25, 0.3) is 0 Å². The van der Waals surface area contributed by atoms with E-state index in [1.54, 1.807) is 12.1 Å². The molecular formula is C15H14BrFN2O. The number of amides is 1. The molecule has 0 spiro atoms. The van der Waals surface area contributed by atoms with Crippen molar-refractivity contribution in [2.75, 3.05) is 17.2 Å². The summed E-state index contributed by atoms with van der Waals surface area (Å²) in [5.74, 6) is -0.532. The molecule has 0 radical (unpaired) electrons. The van der Waals surface area contributed by atoms with E-state index in [2.05, 4.69) is 26.6 Å². The van der Waals surface area contributed by atoms with Crippen LogP contribution in [0.15, 0.2) is 46.9 Å². The van der Waals surface area contributed by atoms with Crippen LogP contribution < -0.4 is 10.6 Å². The third kappa shape index (κ3) is 4.06. The van der Waals surface area contributed by atoms with Gasteiger partial charge in [-0.2, -0.15) is 0 Å². The van der Waals surface area contributed by atoms with Crippen LogP contribution in [-0.4, -0.2) is 12.5 Å². The van der Waals surface area contributed by atoms with Crippen LogP contribution in [-0.2, 0) is 4.79 Å². The normalized spacial score (nSPS) is 10.2. The van der Waals surface area contributed by atoms with Gasteiger partial charge in [-0.25, -0.2) is 4.39 Å². The number of hydrogen-bond acceptors (Lipinski definition) is 2. The fourth-order valence-corrected chi connectivity index (χ4v) is 2.29. The molecule has 0 atom stereocenters. The van der Waals surface area contributed by atoms with Gasteiger partial charge in [0.2, 0.25) is 5.91 Å². The molecule has 0 aliphatic heterocycles. The van der Waals surface area contributed by atoms with Crippen molar-refractivity contribution in [3.8, 4) is 0 Å². The number of hydrogen-bond donors (Lipinski definition) is 2. The lowest BCUT2D eigenvalue weighted by Gasteiger charge is -2.09. The van der Waals surface area contributed by atoms with Gasteiger partial charge in [-0.05, 0) is 58.7 Å². The van der Waals surface area contributed by atoms with Gasteiger partial charge in [0, 0.05) is 10.2 Å². The van der Waals surface area contributed by atoms with Gasteiger partial charge in [-0.1, -0.05) is 12.1 Å². The number of aryl methyl sites for hydroxylation is 1. The summed E-state index contributed by atoms with van der Waals surface area (Å²) in [5, 5.41) is 5.65. The summed E-state index contributed by atoms with van der Waals surface area (Å²) in [6, 6.07) is 11.7. The molecule has 0 aliphatic carbocycles. The van der Waals surface area contributed by atoms with Gasteiger partial charge in [0.05, 0.1) is 12.2 Å².